The monoisotopic (exact) mass is 346 g/mol. The molecule has 0 heterocycles. The van der Waals surface area contributed by atoms with Gasteiger partial charge < -0.3 is 0 Å². The highest BCUT2D eigenvalue weighted by atomic mass is 19.4. The molecule has 0 aliphatic heterocycles. The Kier molecular flexibility index (Phi) is 4.97. The van der Waals surface area contributed by atoms with Crippen LogP contribution >= 0.6 is 0 Å². The van der Waals surface area contributed by atoms with Crippen molar-refractivity contribution in [3.8, 4) is 0 Å². The fraction of sp³-hybridized carbons (Fsp3) is 0.333. The molecule has 0 bridgehead atoms. The average Bonchev–Trinajstić information content (AvgIpc) is 2.45. The first-order valence-electron chi connectivity index (χ1n) is 7.32. The summed E-state index contributed by atoms with van der Waals surface area (Å²) < 4.78 is 76.3. The Bertz CT molecular complexity index is 725. The van der Waals surface area contributed by atoms with E-state index in [2.05, 4.69) is 0 Å². The molecule has 0 aliphatic carbocycles. The van der Waals surface area contributed by atoms with Crippen molar-refractivity contribution in [1.82, 2.24) is 0 Å². The van der Waals surface area contributed by atoms with Gasteiger partial charge in [0.05, 0.1) is 11.1 Å². The molecule has 0 spiro atoms. The third kappa shape index (κ3) is 4.30. The van der Waals surface area contributed by atoms with Crippen molar-refractivity contribution in [3.63, 3.8) is 0 Å². The first-order valence-corrected chi connectivity index (χ1v) is 7.32. The highest BCUT2D eigenvalue weighted by Gasteiger charge is 2.31. The smallest absolute Gasteiger partial charge is 0.166 e. The normalized spacial score (nSPS) is 12.5. The number of aryl methyl sites for hydroxylation is 4. The van der Waals surface area contributed by atoms with Gasteiger partial charge in [0.15, 0.2) is 0 Å². The lowest BCUT2D eigenvalue weighted by molar-refractivity contribution is -0.138. The van der Waals surface area contributed by atoms with Gasteiger partial charge in [-0.25, -0.2) is 0 Å². The SMILES string of the molecule is Cc1cc(C(F)(F)F)ccc1CCc1cc(C(F)(F)F)ccc1C. The molecule has 2 aromatic rings. The van der Waals surface area contributed by atoms with Crippen LogP contribution in [-0.4, -0.2) is 0 Å². The van der Waals surface area contributed by atoms with Crippen molar-refractivity contribution in [3.05, 3.63) is 69.8 Å². The Balaban J connectivity index is 2.20. The van der Waals surface area contributed by atoms with Crippen LogP contribution in [0.1, 0.15) is 33.4 Å². The molecule has 2 rings (SSSR count). The van der Waals surface area contributed by atoms with Crippen LogP contribution in [0.4, 0.5) is 26.3 Å². The van der Waals surface area contributed by atoms with Gasteiger partial charge in [0.1, 0.15) is 0 Å². The molecule has 0 amide bonds. The summed E-state index contributed by atoms with van der Waals surface area (Å²) in [4.78, 5) is 0. The van der Waals surface area contributed by atoms with Crippen LogP contribution in [0.3, 0.4) is 0 Å². The Morgan fingerprint density at radius 2 is 1.12 bits per heavy atom. The molecule has 0 radical (unpaired) electrons. The van der Waals surface area contributed by atoms with Crippen molar-refractivity contribution in [2.75, 3.05) is 0 Å². The summed E-state index contributed by atoms with van der Waals surface area (Å²) in [6.45, 7) is 3.29. The lowest BCUT2D eigenvalue weighted by Gasteiger charge is -2.13. The van der Waals surface area contributed by atoms with E-state index in [1.165, 1.54) is 12.1 Å². The van der Waals surface area contributed by atoms with Gasteiger partial charge in [-0.1, -0.05) is 12.1 Å². The molecule has 0 N–H and O–H groups in total. The van der Waals surface area contributed by atoms with Gasteiger partial charge >= 0.3 is 12.4 Å². The van der Waals surface area contributed by atoms with E-state index in [0.29, 0.717) is 29.5 Å². The van der Waals surface area contributed by atoms with Crippen molar-refractivity contribution in [1.29, 1.82) is 0 Å². The lowest BCUT2D eigenvalue weighted by atomic mass is 9.95. The summed E-state index contributed by atoms with van der Waals surface area (Å²) >= 11 is 0. The summed E-state index contributed by atoms with van der Waals surface area (Å²) in [5, 5.41) is 0. The van der Waals surface area contributed by atoms with Crippen LogP contribution in [0.25, 0.3) is 0 Å². The van der Waals surface area contributed by atoms with Gasteiger partial charge in [-0.3, -0.25) is 0 Å². The second-order valence-electron chi connectivity index (χ2n) is 5.78. The third-order valence-corrected chi connectivity index (χ3v) is 4.01. The summed E-state index contributed by atoms with van der Waals surface area (Å²) in [5.74, 6) is 0. The maximum absolute atomic E-state index is 12.8. The van der Waals surface area contributed by atoms with Gasteiger partial charge in [0.2, 0.25) is 0 Å². The standard InChI is InChI=1S/C18H16F6/c1-11-3-7-16(18(22,23)24)10-14(11)5-4-13-6-8-15(9-12(13)2)17(19,20)21/h3,6-10H,4-5H2,1-2H3. The molecule has 6 heteroatoms. The largest absolute Gasteiger partial charge is 0.416 e. The fourth-order valence-electron chi connectivity index (χ4n) is 2.54. The third-order valence-electron chi connectivity index (χ3n) is 4.01. The molecule has 0 saturated carbocycles. The maximum atomic E-state index is 12.8. The van der Waals surface area contributed by atoms with E-state index < -0.39 is 23.5 Å². The number of alkyl halides is 6. The van der Waals surface area contributed by atoms with Gasteiger partial charge in [-0.15, -0.1) is 0 Å². The minimum absolute atomic E-state index is 0.335. The Labute approximate surface area is 136 Å². The molecule has 0 aromatic heterocycles. The number of rotatable bonds is 3. The minimum Gasteiger partial charge on any atom is -0.166 e. The van der Waals surface area contributed by atoms with Crippen LogP contribution in [0.15, 0.2) is 36.4 Å². The fourth-order valence-corrected chi connectivity index (χ4v) is 2.54. The quantitative estimate of drug-likeness (QED) is 0.587. The van der Waals surface area contributed by atoms with E-state index in [1.54, 1.807) is 13.8 Å². The first-order chi connectivity index (χ1) is 11.0. The van der Waals surface area contributed by atoms with Gasteiger partial charge in [-0.2, -0.15) is 26.3 Å². The van der Waals surface area contributed by atoms with Gasteiger partial charge in [0, 0.05) is 0 Å². The Hall–Kier alpha value is -1.98. The molecule has 24 heavy (non-hydrogen) atoms. The highest BCUT2D eigenvalue weighted by Crippen LogP contribution is 2.32. The average molecular weight is 346 g/mol. The van der Waals surface area contributed by atoms with E-state index in [4.69, 9.17) is 0 Å². The molecule has 130 valence electrons. The number of halogens is 6. The van der Waals surface area contributed by atoms with E-state index >= 15 is 0 Å². The summed E-state index contributed by atoms with van der Waals surface area (Å²) in [5.41, 5.74) is 1.01. The first kappa shape index (κ1) is 18.4. The van der Waals surface area contributed by atoms with Crippen molar-refractivity contribution < 1.29 is 26.3 Å². The zero-order valence-electron chi connectivity index (χ0n) is 13.1. The van der Waals surface area contributed by atoms with Gasteiger partial charge in [0.25, 0.3) is 0 Å². The maximum Gasteiger partial charge on any atom is 0.416 e. The predicted molar refractivity (Wildman–Crippen MR) is 79.8 cm³/mol. The number of hydrogen-bond acceptors (Lipinski definition) is 0. The topological polar surface area (TPSA) is 0 Å². The second kappa shape index (κ2) is 6.49. The zero-order chi connectivity index (χ0) is 18.1. The molecule has 0 aliphatic rings. The molecule has 2 aromatic carbocycles. The van der Waals surface area contributed by atoms with Gasteiger partial charge in [-0.05, 0) is 73.2 Å². The minimum atomic E-state index is -4.41. The van der Waals surface area contributed by atoms with E-state index in [-0.39, 0.29) is 0 Å². The van der Waals surface area contributed by atoms with Crippen LogP contribution in [0, 0.1) is 13.8 Å². The summed E-state index contributed by atoms with van der Waals surface area (Å²) in [7, 11) is 0. The highest BCUT2D eigenvalue weighted by molar-refractivity contribution is 5.36. The van der Waals surface area contributed by atoms with Crippen molar-refractivity contribution in [2.24, 2.45) is 0 Å². The second-order valence-corrected chi connectivity index (χ2v) is 5.78. The Morgan fingerprint density at radius 3 is 1.67 bits per heavy atom. The van der Waals surface area contributed by atoms with Crippen LogP contribution < -0.4 is 0 Å². The van der Waals surface area contributed by atoms with Crippen LogP contribution in [0.2, 0.25) is 0 Å². The predicted octanol–water partition coefficient (Wildman–Crippen LogP) is 6.13. The number of hydrogen-bond donors (Lipinski definition) is 0. The molecule has 0 fully saturated rings. The van der Waals surface area contributed by atoms with E-state index in [1.807, 2.05) is 0 Å². The zero-order valence-corrected chi connectivity index (χ0v) is 13.1. The molecular formula is C18H16F6. The molecule has 0 saturated heterocycles. The lowest BCUT2D eigenvalue weighted by Crippen LogP contribution is -2.07. The van der Waals surface area contributed by atoms with E-state index in [9.17, 15) is 26.3 Å². The molecule has 0 atom stereocenters. The van der Waals surface area contributed by atoms with Crippen molar-refractivity contribution >= 4 is 0 Å². The molecule has 0 nitrogen and oxygen atoms in total. The summed E-state index contributed by atoms with van der Waals surface area (Å²) in [6.07, 6.45) is -8.10. The molecule has 0 unspecified atom stereocenters. The van der Waals surface area contributed by atoms with Crippen LogP contribution in [-0.2, 0) is 25.2 Å². The van der Waals surface area contributed by atoms with Crippen molar-refractivity contribution in [2.45, 2.75) is 39.0 Å². The van der Waals surface area contributed by atoms with E-state index in [0.717, 1.165) is 29.8 Å². The molecular weight excluding hydrogens is 330 g/mol. The van der Waals surface area contributed by atoms with Crippen LogP contribution in [0.5, 0.6) is 0 Å². The number of benzene rings is 2. The Morgan fingerprint density at radius 1 is 0.625 bits per heavy atom. The summed E-state index contributed by atoms with van der Waals surface area (Å²) in [6, 6.07) is 7.01.